The van der Waals surface area contributed by atoms with Gasteiger partial charge in [-0.15, -0.1) is 0 Å². The minimum atomic E-state index is -0.398. The van der Waals surface area contributed by atoms with Crippen molar-refractivity contribution in [2.75, 3.05) is 5.32 Å². The summed E-state index contributed by atoms with van der Waals surface area (Å²) in [6, 6.07) is 11.8. The van der Waals surface area contributed by atoms with Crippen molar-refractivity contribution in [3.05, 3.63) is 81.8 Å². The summed E-state index contributed by atoms with van der Waals surface area (Å²) >= 11 is 0. The Balaban J connectivity index is 1.80. The lowest BCUT2D eigenvalue weighted by Gasteiger charge is -2.39. The number of carbonyl (C=O) groups excluding carboxylic acids is 2. The molecular weight excluding hydrogens is 386 g/mol. The second kappa shape index (κ2) is 7.80. The first-order valence-electron chi connectivity index (χ1n) is 10.7. The predicted octanol–water partition coefficient (Wildman–Crippen LogP) is 4.94. The van der Waals surface area contributed by atoms with Crippen LogP contribution in [-0.2, 0) is 9.59 Å². The summed E-state index contributed by atoms with van der Waals surface area (Å²) in [4.78, 5) is 31.1. The van der Waals surface area contributed by atoms with Gasteiger partial charge in [0.15, 0.2) is 5.78 Å². The zero-order chi connectivity index (χ0) is 22.3. The third-order valence-electron chi connectivity index (χ3n) is 6.01. The van der Waals surface area contributed by atoms with Crippen LogP contribution in [0.3, 0.4) is 0 Å². The molecule has 0 radical (unpaired) electrons. The summed E-state index contributed by atoms with van der Waals surface area (Å²) in [5.41, 5.74) is 5.98. The molecule has 0 spiro atoms. The molecule has 2 N–H and O–H groups in total. The summed E-state index contributed by atoms with van der Waals surface area (Å²) in [5, 5.41) is 6.33. The highest BCUT2D eigenvalue weighted by atomic mass is 16.2. The predicted molar refractivity (Wildman–Crippen MR) is 122 cm³/mol. The maximum Gasteiger partial charge on any atom is 0.255 e. The zero-order valence-corrected chi connectivity index (χ0v) is 18.8. The van der Waals surface area contributed by atoms with Gasteiger partial charge in [0, 0.05) is 41.1 Å². The van der Waals surface area contributed by atoms with Gasteiger partial charge in [0.25, 0.3) is 5.91 Å². The lowest BCUT2D eigenvalue weighted by Crippen LogP contribution is -2.39. The third-order valence-corrected chi connectivity index (χ3v) is 6.01. The minimum Gasteiger partial charge on any atom is -0.362 e. The number of ketones is 1. The maximum atomic E-state index is 13.5. The Morgan fingerprint density at radius 2 is 1.87 bits per heavy atom. The molecule has 1 aliphatic heterocycles. The summed E-state index contributed by atoms with van der Waals surface area (Å²) in [6.45, 7) is 10.1. The van der Waals surface area contributed by atoms with Crippen molar-refractivity contribution in [1.82, 2.24) is 10.3 Å². The number of hydrogen-bond acceptors (Lipinski definition) is 4. The van der Waals surface area contributed by atoms with Crippen LogP contribution in [0.5, 0.6) is 0 Å². The first-order chi connectivity index (χ1) is 14.6. The topological polar surface area (TPSA) is 71.1 Å². The smallest absolute Gasteiger partial charge is 0.255 e. The molecule has 2 aliphatic rings. The Bertz CT molecular complexity index is 1120. The minimum absolute atomic E-state index is 0.105. The molecule has 1 aliphatic carbocycles. The van der Waals surface area contributed by atoms with Crippen LogP contribution in [0, 0.1) is 19.3 Å². The number of carbonyl (C=O) groups is 2. The van der Waals surface area contributed by atoms with E-state index in [2.05, 4.69) is 35.5 Å². The van der Waals surface area contributed by atoms with Crippen LogP contribution in [0.15, 0.2) is 65.1 Å². The molecule has 1 atom stereocenters. The number of hydrogen-bond donors (Lipinski definition) is 2. The fourth-order valence-electron chi connectivity index (χ4n) is 4.65. The molecule has 160 valence electrons. The Hall–Kier alpha value is -3.21. The number of benzene rings is 1. The van der Waals surface area contributed by atoms with Gasteiger partial charge in [0.2, 0.25) is 0 Å². The monoisotopic (exact) mass is 415 g/mol. The number of nitrogens with zero attached hydrogens (tertiary/aromatic N) is 1. The van der Waals surface area contributed by atoms with E-state index in [1.54, 1.807) is 12.3 Å². The van der Waals surface area contributed by atoms with Crippen molar-refractivity contribution in [2.45, 2.75) is 53.4 Å². The first kappa shape index (κ1) is 21.0. The number of Topliss-reactive ketones (excluding diaryl/α,β-unsaturated/α-hetero) is 1. The van der Waals surface area contributed by atoms with E-state index < -0.39 is 5.92 Å². The van der Waals surface area contributed by atoms with Gasteiger partial charge in [-0.2, -0.15) is 0 Å². The van der Waals surface area contributed by atoms with Gasteiger partial charge in [-0.1, -0.05) is 49.7 Å². The molecule has 0 bridgehead atoms. The fraction of sp³-hybridized carbons (Fsp3) is 0.346. The molecule has 1 unspecified atom stereocenters. The molecule has 0 saturated carbocycles. The van der Waals surface area contributed by atoms with Gasteiger partial charge in [0.1, 0.15) is 5.82 Å². The average molecular weight is 416 g/mol. The number of allylic oxidation sites excluding steroid dienone is 3. The molecule has 0 fully saturated rings. The molecule has 5 heteroatoms. The Kier molecular flexibility index (Phi) is 5.29. The Morgan fingerprint density at radius 1 is 1.10 bits per heavy atom. The second-order valence-electron chi connectivity index (χ2n) is 9.52. The fourth-order valence-corrected chi connectivity index (χ4v) is 4.65. The number of aromatic nitrogens is 1. The van der Waals surface area contributed by atoms with Crippen molar-refractivity contribution in [3.8, 4) is 0 Å². The molecule has 2 heterocycles. The Labute approximate surface area is 183 Å². The van der Waals surface area contributed by atoms with Crippen LogP contribution in [-0.4, -0.2) is 16.7 Å². The molecule has 5 nitrogen and oxygen atoms in total. The molecule has 4 rings (SSSR count). The molecule has 1 aromatic carbocycles. The quantitative estimate of drug-likeness (QED) is 0.745. The second-order valence-corrected chi connectivity index (χ2v) is 9.52. The van der Waals surface area contributed by atoms with Gasteiger partial charge in [-0.3, -0.25) is 9.59 Å². The highest BCUT2D eigenvalue weighted by Crippen LogP contribution is 2.46. The number of anilines is 1. The molecule has 1 aromatic heterocycles. The molecular formula is C26H29N3O2. The van der Waals surface area contributed by atoms with Crippen molar-refractivity contribution in [3.63, 3.8) is 0 Å². The maximum absolute atomic E-state index is 13.5. The van der Waals surface area contributed by atoms with Gasteiger partial charge in [-0.05, 0) is 49.8 Å². The van der Waals surface area contributed by atoms with E-state index in [-0.39, 0.29) is 17.1 Å². The number of aryl methyl sites for hydroxylation is 2. The van der Waals surface area contributed by atoms with E-state index in [1.807, 2.05) is 45.0 Å². The van der Waals surface area contributed by atoms with E-state index in [9.17, 15) is 9.59 Å². The number of nitrogens with one attached hydrogen (secondary N) is 2. The van der Waals surface area contributed by atoms with Gasteiger partial charge < -0.3 is 10.6 Å². The lowest BCUT2D eigenvalue weighted by atomic mass is 9.68. The Morgan fingerprint density at radius 3 is 2.55 bits per heavy atom. The van der Waals surface area contributed by atoms with E-state index in [1.165, 1.54) is 0 Å². The highest BCUT2D eigenvalue weighted by Gasteiger charge is 2.42. The number of amides is 1. The van der Waals surface area contributed by atoms with Crippen molar-refractivity contribution in [1.29, 1.82) is 0 Å². The average Bonchev–Trinajstić information content (AvgIpc) is 2.67. The van der Waals surface area contributed by atoms with E-state index in [0.29, 0.717) is 17.8 Å². The lowest BCUT2D eigenvalue weighted by molar-refractivity contribution is -0.118. The largest absolute Gasteiger partial charge is 0.362 e. The third kappa shape index (κ3) is 4.18. The van der Waals surface area contributed by atoms with Gasteiger partial charge >= 0.3 is 0 Å². The van der Waals surface area contributed by atoms with Crippen LogP contribution < -0.4 is 10.6 Å². The number of pyridine rings is 1. The summed E-state index contributed by atoms with van der Waals surface area (Å²) in [6.07, 6.45) is 2.98. The van der Waals surface area contributed by atoms with Crippen LogP contribution in [0.1, 0.15) is 56.2 Å². The zero-order valence-electron chi connectivity index (χ0n) is 18.8. The van der Waals surface area contributed by atoms with E-state index in [0.717, 1.165) is 40.1 Å². The van der Waals surface area contributed by atoms with Crippen LogP contribution in [0.2, 0.25) is 0 Å². The van der Waals surface area contributed by atoms with Crippen molar-refractivity contribution >= 4 is 17.5 Å². The van der Waals surface area contributed by atoms with Gasteiger partial charge in [0.05, 0.1) is 0 Å². The number of dihydropyridines is 1. The van der Waals surface area contributed by atoms with Crippen molar-refractivity contribution in [2.24, 2.45) is 5.41 Å². The van der Waals surface area contributed by atoms with E-state index >= 15 is 0 Å². The summed E-state index contributed by atoms with van der Waals surface area (Å²) in [7, 11) is 0. The molecule has 1 amide bonds. The molecule has 0 saturated heterocycles. The highest BCUT2D eigenvalue weighted by molar-refractivity contribution is 6.09. The van der Waals surface area contributed by atoms with Crippen LogP contribution >= 0.6 is 0 Å². The standard InChI is InChI=1S/C26H29N3O2/c1-15-7-6-8-18(11-15)23-22(25(31)29-21-10-9-16(2)14-27-21)17(3)28-19-12-26(4,5)13-20(30)24(19)23/h6-11,14,23,28H,12-13H2,1-5H3,(H,27,29,31). The molecule has 31 heavy (non-hydrogen) atoms. The van der Waals surface area contributed by atoms with E-state index in [4.69, 9.17) is 0 Å². The van der Waals surface area contributed by atoms with Gasteiger partial charge in [-0.25, -0.2) is 4.98 Å². The van der Waals surface area contributed by atoms with Crippen LogP contribution in [0.25, 0.3) is 0 Å². The summed E-state index contributed by atoms with van der Waals surface area (Å²) < 4.78 is 0. The van der Waals surface area contributed by atoms with Crippen molar-refractivity contribution < 1.29 is 9.59 Å². The first-order valence-corrected chi connectivity index (χ1v) is 10.7. The molecule has 2 aromatic rings. The summed E-state index contributed by atoms with van der Waals surface area (Å²) in [5.74, 6) is -0.0338. The number of rotatable bonds is 3. The van der Waals surface area contributed by atoms with Crippen LogP contribution in [0.4, 0.5) is 5.82 Å². The normalized spacial score (nSPS) is 20.3. The SMILES string of the molecule is CC1=C(C(=O)Nc2ccc(C)cn2)C(c2cccc(C)c2)C2=C(CC(C)(C)CC2=O)N1.